The normalized spacial score (nSPS) is 15.8. The minimum Gasteiger partial charge on any atom is -0.496 e. The molecule has 14 heteroatoms. The van der Waals surface area contributed by atoms with Crippen molar-refractivity contribution in [3.63, 3.8) is 0 Å². The first-order chi connectivity index (χ1) is 25.1. The number of aryl methyl sites for hydroxylation is 2. The summed E-state index contributed by atoms with van der Waals surface area (Å²) in [5.41, 5.74) is 0.862. The Hall–Kier alpha value is -5.37. The molecule has 13 nitrogen and oxygen atoms in total. The zero-order chi connectivity index (χ0) is 39.0. The van der Waals surface area contributed by atoms with E-state index >= 15 is 4.39 Å². The number of nitrogens with zero attached hydrogens (tertiary/aromatic N) is 1. The maximum Gasteiger partial charge on any atom is 0.410 e. The van der Waals surface area contributed by atoms with Crippen LogP contribution in [0.1, 0.15) is 81.4 Å². The zero-order valence-corrected chi connectivity index (χ0v) is 31.5. The second kappa shape index (κ2) is 17.4. The van der Waals surface area contributed by atoms with Crippen molar-refractivity contribution in [1.82, 2.24) is 10.2 Å². The number of hydrogen-bond acceptors (Lipinski definition) is 11. The summed E-state index contributed by atoms with van der Waals surface area (Å²) in [5, 5.41) is 2.98. The topological polar surface area (TPSA) is 148 Å². The van der Waals surface area contributed by atoms with Gasteiger partial charge >= 0.3 is 12.1 Å². The summed E-state index contributed by atoms with van der Waals surface area (Å²) < 4.78 is 53.3. The highest BCUT2D eigenvalue weighted by Gasteiger charge is 2.35. The van der Waals surface area contributed by atoms with Crippen LogP contribution in [0.15, 0.2) is 42.5 Å². The lowest BCUT2D eigenvalue weighted by molar-refractivity contribution is 0.0127. The van der Waals surface area contributed by atoms with E-state index in [2.05, 4.69) is 5.32 Å². The summed E-state index contributed by atoms with van der Waals surface area (Å²) in [5.74, 6) is -2.50. The number of likely N-dealkylation sites (tertiary alicyclic amines) is 1. The molecule has 0 bridgehead atoms. The smallest absolute Gasteiger partial charge is 0.410 e. The average Bonchev–Trinajstić information content (AvgIpc) is 3.31. The molecule has 1 aliphatic heterocycles. The molecule has 53 heavy (non-hydrogen) atoms. The number of rotatable bonds is 12. The van der Waals surface area contributed by atoms with Crippen LogP contribution in [0.25, 0.3) is 0 Å². The van der Waals surface area contributed by atoms with Gasteiger partial charge in [-0.1, -0.05) is 12.1 Å². The first kappa shape index (κ1) is 40.4. The fraction of sp³-hybridized carbons (Fsp3) is 0.436. The van der Waals surface area contributed by atoms with Crippen molar-refractivity contribution in [3.8, 4) is 23.0 Å². The number of carbonyl (C=O) groups excluding carboxylic acids is 4. The molecule has 0 spiro atoms. The summed E-state index contributed by atoms with van der Waals surface area (Å²) in [6.07, 6.45) is -0.610. The number of nitrogens with one attached hydrogen (secondary N) is 1. The van der Waals surface area contributed by atoms with Gasteiger partial charge in [0, 0.05) is 37.4 Å². The summed E-state index contributed by atoms with van der Waals surface area (Å²) in [7, 11) is 5.39. The van der Waals surface area contributed by atoms with Gasteiger partial charge in [0.1, 0.15) is 28.8 Å². The Labute approximate surface area is 308 Å². The van der Waals surface area contributed by atoms with Crippen molar-refractivity contribution >= 4 is 23.8 Å². The number of amides is 2. The molecule has 0 unspecified atom stereocenters. The van der Waals surface area contributed by atoms with E-state index in [-0.39, 0.29) is 47.3 Å². The van der Waals surface area contributed by atoms with E-state index in [0.717, 1.165) is 11.1 Å². The molecule has 1 N–H and O–H groups in total. The molecular formula is C39H47FN2O11. The van der Waals surface area contributed by atoms with E-state index < -0.39 is 47.3 Å². The van der Waals surface area contributed by atoms with Crippen molar-refractivity contribution in [1.29, 1.82) is 0 Å². The van der Waals surface area contributed by atoms with Gasteiger partial charge in [0.25, 0.3) is 5.91 Å². The molecule has 1 saturated heterocycles. The molecule has 1 aliphatic rings. The Morgan fingerprint density at radius 1 is 0.849 bits per heavy atom. The van der Waals surface area contributed by atoms with Gasteiger partial charge in [0.05, 0.1) is 32.9 Å². The van der Waals surface area contributed by atoms with Crippen molar-refractivity contribution in [2.24, 2.45) is 0 Å². The zero-order valence-electron chi connectivity index (χ0n) is 31.5. The van der Waals surface area contributed by atoms with Crippen LogP contribution in [0.3, 0.4) is 0 Å². The average molecular weight is 739 g/mol. The highest BCUT2D eigenvalue weighted by atomic mass is 19.1. The Balaban J connectivity index is 1.58. The summed E-state index contributed by atoms with van der Waals surface area (Å²) >= 11 is 0. The molecule has 1 fully saturated rings. The monoisotopic (exact) mass is 738 g/mol. The highest BCUT2D eigenvalue weighted by Crippen LogP contribution is 2.39. The standard InChI is InChI=1S/C39H47FN2O11/c1-22-17-26(18-23(2)34(22)51-21-47-6)36(44)41-27-20-42(38(46)53-39(3,4)5)16-10-11-28(27)52-37(45)25-14-12-24(13-15-25)33(43)31-29(48-7)19-30(49-8)35(50-9)32(31)40/h12-15,17-19,27-28H,10-11,16,20-21H2,1-9H3,(H,41,44)/t27-,28-/m1/s1. The number of halogens is 1. The van der Waals surface area contributed by atoms with Crippen LogP contribution in [0.2, 0.25) is 0 Å². The van der Waals surface area contributed by atoms with E-state index in [1.54, 1.807) is 32.9 Å². The largest absolute Gasteiger partial charge is 0.496 e. The van der Waals surface area contributed by atoms with Gasteiger partial charge in [-0.15, -0.1) is 0 Å². The van der Waals surface area contributed by atoms with E-state index in [9.17, 15) is 19.2 Å². The molecule has 1 heterocycles. The van der Waals surface area contributed by atoms with E-state index in [0.29, 0.717) is 30.7 Å². The lowest BCUT2D eigenvalue weighted by Crippen LogP contribution is -2.51. The summed E-state index contributed by atoms with van der Waals surface area (Å²) in [6, 6.07) is 9.42. The van der Waals surface area contributed by atoms with E-state index in [1.165, 1.54) is 63.7 Å². The van der Waals surface area contributed by atoms with Gasteiger partial charge < -0.3 is 43.4 Å². The molecule has 0 aliphatic carbocycles. The molecular weight excluding hydrogens is 691 g/mol. The number of hydrogen-bond donors (Lipinski definition) is 1. The first-order valence-electron chi connectivity index (χ1n) is 17.0. The third-order valence-corrected chi connectivity index (χ3v) is 8.46. The van der Waals surface area contributed by atoms with E-state index in [4.69, 9.17) is 33.2 Å². The number of carbonyl (C=O) groups is 4. The minimum atomic E-state index is -0.959. The number of ketones is 1. The van der Waals surface area contributed by atoms with Gasteiger partial charge in [0.15, 0.2) is 29.9 Å². The molecule has 0 radical (unpaired) electrons. The van der Waals surface area contributed by atoms with Crippen molar-refractivity contribution in [2.75, 3.05) is 48.3 Å². The maximum absolute atomic E-state index is 15.4. The van der Waals surface area contributed by atoms with Gasteiger partial charge in [0.2, 0.25) is 0 Å². The predicted molar refractivity (Wildman–Crippen MR) is 192 cm³/mol. The van der Waals surface area contributed by atoms with Crippen molar-refractivity contribution in [3.05, 3.63) is 81.7 Å². The Morgan fingerprint density at radius 2 is 1.47 bits per heavy atom. The van der Waals surface area contributed by atoms with Crippen LogP contribution >= 0.6 is 0 Å². The van der Waals surface area contributed by atoms with Gasteiger partial charge in [-0.25, -0.2) is 14.0 Å². The molecule has 0 saturated carbocycles. The predicted octanol–water partition coefficient (Wildman–Crippen LogP) is 6.04. The van der Waals surface area contributed by atoms with Crippen molar-refractivity contribution in [2.45, 2.75) is 65.2 Å². The van der Waals surface area contributed by atoms with Crippen LogP contribution in [0, 0.1) is 19.7 Å². The summed E-state index contributed by atoms with van der Waals surface area (Å²) in [6.45, 7) is 9.28. The van der Waals surface area contributed by atoms with Gasteiger partial charge in [-0.05, 0) is 82.9 Å². The van der Waals surface area contributed by atoms with Crippen LogP contribution < -0.4 is 24.3 Å². The maximum atomic E-state index is 15.4. The van der Waals surface area contributed by atoms with Crippen LogP contribution in [-0.2, 0) is 14.2 Å². The molecule has 0 aromatic heterocycles. The van der Waals surface area contributed by atoms with Gasteiger partial charge in [-0.2, -0.15) is 0 Å². The highest BCUT2D eigenvalue weighted by molar-refractivity contribution is 6.11. The first-order valence-corrected chi connectivity index (χ1v) is 17.0. The van der Waals surface area contributed by atoms with Crippen LogP contribution in [-0.4, -0.2) is 94.7 Å². The Kier molecular flexibility index (Phi) is 13.3. The van der Waals surface area contributed by atoms with Gasteiger partial charge in [-0.3, -0.25) is 9.59 Å². The fourth-order valence-corrected chi connectivity index (χ4v) is 5.99. The molecule has 2 atom stereocenters. The fourth-order valence-electron chi connectivity index (χ4n) is 5.99. The Bertz CT molecular complexity index is 1800. The lowest BCUT2D eigenvalue weighted by Gasteiger charge is -2.30. The third kappa shape index (κ3) is 9.74. The quantitative estimate of drug-likeness (QED) is 0.132. The van der Waals surface area contributed by atoms with Crippen molar-refractivity contribution < 1.29 is 56.7 Å². The summed E-state index contributed by atoms with van der Waals surface area (Å²) in [4.78, 5) is 55.3. The second-order valence-electron chi connectivity index (χ2n) is 13.5. The van der Waals surface area contributed by atoms with Crippen LogP contribution in [0.4, 0.5) is 9.18 Å². The number of ether oxygens (including phenoxy) is 7. The van der Waals surface area contributed by atoms with E-state index in [1.807, 2.05) is 13.8 Å². The lowest BCUT2D eigenvalue weighted by atomic mass is 9.99. The van der Waals surface area contributed by atoms with Crippen LogP contribution in [0.5, 0.6) is 23.0 Å². The molecule has 4 rings (SSSR count). The number of esters is 1. The Morgan fingerprint density at radius 3 is 2.04 bits per heavy atom. The second-order valence-corrected chi connectivity index (χ2v) is 13.5. The minimum absolute atomic E-state index is 0.0117. The molecule has 3 aromatic rings. The molecule has 2 amide bonds. The molecule has 3 aromatic carbocycles. The number of methoxy groups -OCH3 is 4. The SMILES string of the molecule is COCOc1c(C)cc(C(=O)N[C@@H]2CN(C(=O)OC(C)(C)C)CCC[C@H]2OC(=O)c2ccc(C(=O)c3c(OC)cc(OC)c(OC)c3F)cc2)cc1C. The third-order valence-electron chi connectivity index (χ3n) is 8.46. The molecule has 286 valence electrons. The number of benzene rings is 3.